The van der Waals surface area contributed by atoms with Gasteiger partial charge in [0.25, 0.3) is 11.8 Å². The van der Waals surface area contributed by atoms with Gasteiger partial charge in [0.2, 0.25) is 0 Å². The number of hydrogen-bond donors (Lipinski definition) is 0. The van der Waals surface area contributed by atoms with Crippen molar-refractivity contribution in [2.24, 2.45) is 0 Å². The molecule has 4 amide bonds. The van der Waals surface area contributed by atoms with Crippen molar-refractivity contribution >= 4 is 23.9 Å². The largest absolute Gasteiger partial charge is 0.416 e. The number of barbiturate groups is 1. The quantitative estimate of drug-likeness (QED) is 0.191. The van der Waals surface area contributed by atoms with E-state index in [1.54, 1.807) is 60.7 Å². The molecule has 208 valence electrons. The van der Waals surface area contributed by atoms with Gasteiger partial charge in [0, 0.05) is 13.1 Å². The average Bonchev–Trinajstić information content (AvgIpc) is 2.91. The fourth-order valence-electron chi connectivity index (χ4n) is 4.22. The molecular weight excluding hydrogens is 538 g/mol. The van der Waals surface area contributed by atoms with Crippen LogP contribution >= 0.6 is 0 Å². The summed E-state index contributed by atoms with van der Waals surface area (Å²) in [5.74, 6) is -2.21. The first-order valence-electron chi connectivity index (χ1n) is 12.1. The maximum Gasteiger partial charge on any atom is 0.416 e. The minimum Gasteiger partial charge on any atom is -0.268 e. The monoisotopic (exact) mass is 560 g/mol. The third-order valence-corrected chi connectivity index (χ3v) is 6.27. The van der Waals surface area contributed by atoms with Gasteiger partial charge in [-0.15, -0.1) is 0 Å². The third kappa shape index (κ3) is 6.59. The standard InChI is InChI=1S/C29H22F6N2O3/c30-28(31,32)22-15-21(16-23(18-22)29(33,34)35)17-24-25(38)36(13-11-19-7-3-1-4-8-19)27(40)37(26(24)39)14-12-20-9-5-2-6-10-20/h1-10,15-18H,11-14H2. The Hall–Kier alpha value is -4.41. The lowest BCUT2D eigenvalue weighted by Crippen LogP contribution is -2.57. The van der Waals surface area contributed by atoms with Crippen LogP contribution in [0.1, 0.15) is 27.8 Å². The van der Waals surface area contributed by atoms with Crippen LogP contribution in [0, 0.1) is 0 Å². The van der Waals surface area contributed by atoms with Crippen molar-refractivity contribution < 1.29 is 40.7 Å². The molecule has 5 nitrogen and oxygen atoms in total. The van der Waals surface area contributed by atoms with Crippen molar-refractivity contribution in [2.45, 2.75) is 25.2 Å². The smallest absolute Gasteiger partial charge is 0.268 e. The lowest BCUT2D eigenvalue weighted by Gasteiger charge is -2.34. The number of urea groups is 1. The Morgan fingerprint density at radius 2 is 1.00 bits per heavy atom. The maximum absolute atomic E-state index is 13.4. The summed E-state index contributed by atoms with van der Waals surface area (Å²) in [6.07, 6.45) is -9.13. The van der Waals surface area contributed by atoms with Crippen molar-refractivity contribution in [3.8, 4) is 0 Å². The second-order valence-electron chi connectivity index (χ2n) is 9.06. The van der Waals surface area contributed by atoms with Crippen molar-refractivity contribution in [1.82, 2.24) is 9.80 Å². The fraction of sp³-hybridized carbons (Fsp3) is 0.207. The highest BCUT2D eigenvalue weighted by atomic mass is 19.4. The van der Waals surface area contributed by atoms with E-state index >= 15 is 0 Å². The molecule has 0 spiro atoms. The number of rotatable bonds is 7. The second-order valence-corrected chi connectivity index (χ2v) is 9.06. The van der Waals surface area contributed by atoms with Gasteiger partial charge in [0.1, 0.15) is 5.57 Å². The van der Waals surface area contributed by atoms with E-state index in [4.69, 9.17) is 0 Å². The lowest BCUT2D eigenvalue weighted by molar-refractivity contribution is -0.143. The van der Waals surface area contributed by atoms with Crippen LogP contribution < -0.4 is 0 Å². The van der Waals surface area contributed by atoms with E-state index in [-0.39, 0.29) is 32.0 Å². The molecule has 40 heavy (non-hydrogen) atoms. The summed E-state index contributed by atoms with van der Waals surface area (Å²) >= 11 is 0. The van der Waals surface area contributed by atoms with E-state index in [1.165, 1.54) is 0 Å². The van der Waals surface area contributed by atoms with Crippen LogP contribution in [0.2, 0.25) is 0 Å². The van der Waals surface area contributed by atoms with Gasteiger partial charge in [-0.2, -0.15) is 26.3 Å². The van der Waals surface area contributed by atoms with Gasteiger partial charge in [-0.05, 0) is 53.8 Å². The van der Waals surface area contributed by atoms with Crippen LogP contribution in [0.25, 0.3) is 6.08 Å². The molecular formula is C29H22F6N2O3. The number of benzene rings is 3. The maximum atomic E-state index is 13.4. The highest BCUT2D eigenvalue weighted by molar-refractivity contribution is 6.30. The number of alkyl halides is 6. The van der Waals surface area contributed by atoms with E-state index < -0.39 is 52.5 Å². The summed E-state index contributed by atoms with van der Waals surface area (Å²) in [4.78, 5) is 41.4. The van der Waals surface area contributed by atoms with Crippen LogP contribution in [0.3, 0.4) is 0 Å². The molecule has 0 bridgehead atoms. The molecule has 1 fully saturated rings. The molecule has 0 aliphatic carbocycles. The molecule has 0 aromatic heterocycles. The zero-order valence-corrected chi connectivity index (χ0v) is 20.8. The molecule has 0 saturated carbocycles. The molecule has 0 N–H and O–H groups in total. The van der Waals surface area contributed by atoms with Crippen LogP contribution in [0.5, 0.6) is 0 Å². The number of carbonyl (C=O) groups is 3. The van der Waals surface area contributed by atoms with Gasteiger partial charge < -0.3 is 0 Å². The third-order valence-electron chi connectivity index (χ3n) is 6.27. The van der Waals surface area contributed by atoms with E-state index in [1.807, 2.05) is 0 Å². The van der Waals surface area contributed by atoms with Crippen molar-refractivity contribution in [1.29, 1.82) is 0 Å². The Morgan fingerprint density at radius 1 is 0.600 bits per heavy atom. The average molecular weight is 560 g/mol. The van der Waals surface area contributed by atoms with Crippen molar-refractivity contribution in [2.75, 3.05) is 13.1 Å². The minimum absolute atomic E-state index is 0.0472. The molecule has 4 rings (SSSR count). The van der Waals surface area contributed by atoms with Crippen LogP contribution in [-0.4, -0.2) is 40.7 Å². The lowest BCUT2D eigenvalue weighted by atomic mass is 10.0. The summed E-state index contributed by atoms with van der Waals surface area (Å²) < 4.78 is 80.3. The summed E-state index contributed by atoms with van der Waals surface area (Å²) in [5, 5.41) is 0. The van der Waals surface area contributed by atoms with Gasteiger partial charge in [-0.1, -0.05) is 60.7 Å². The van der Waals surface area contributed by atoms with Gasteiger partial charge in [0.05, 0.1) is 11.1 Å². The zero-order chi connectivity index (χ0) is 29.1. The molecule has 0 atom stereocenters. The molecule has 0 unspecified atom stereocenters. The summed E-state index contributed by atoms with van der Waals surface area (Å²) in [6.45, 7) is -0.324. The Balaban J connectivity index is 1.74. The second kappa shape index (κ2) is 11.4. The normalized spacial score (nSPS) is 14.7. The predicted octanol–water partition coefficient (Wildman–Crippen LogP) is 6.38. The first-order valence-corrected chi connectivity index (χ1v) is 12.1. The number of hydrogen-bond acceptors (Lipinski definition) is 3. The van der Waals surface area contributed by atoms with E-state index in [0.29, 0.717) is 18.2 Å². The predicted molar refractivity (Wildman–Crippen MR) is 134 cm³/mol. The molecule has 1 aliphatic rings. The topological polar surface area (TPSA) is 57.7 Å². The Kier molecular flexibility index (Phi) is 8.13. The van der Waals surface area contributed by atoms with Crippen LogP contribution in [-0.2, 0) is 34.8 Å². The molecule has 11 heteroatoms. The number of amides is 4. The molecule has 1 heterocycles. The molecule has 0 radical (unpaired) electrons. The SMILES string of the molecule is O=C1C(=Cc2cc(C(F)(F)F)cc(C(F)(F)F)c2)C(=O)N(CCc2ccccc2)C(=O)N1CCc1ccccc1. The van der Waals surface area contributed by atoms with E-state index in [2.05, 4.69) is 0 Å². The summed E-state index contributed by atoms with van der Waals surface area (Å²) in [6, 6.07) is 17.5. The molecule has 3 aromatic rings. The van der Waals surface area contributed by atoms with Gasteiger partial charge >= 0.3 is 18.4 Å². The van der Waals surface area contributed by atoms with Crippen molar-refractivity contribution in [3.05, 3.63) is 112 Å². The summed E-state index contributed by atoms with van der Waals surface area (Å²) in [5.41, 5.74) is -3.01. The Morgan fingerprint density at radius 3 is 1.38 bits per heavy atom. The van der Waals surface area contributed by atoms with Crippen molar-refractivity contribution in [3.63, 3.8) is 0 Å². The number of halogens is 6. The van der Waals surface area contributed by atoms with E-state index in [9.17, 15) is 40.7 Å². The first-order chi connectivity index (χ1) is 18.8. The van der Waals surface area contributed by atoms with Crippen LogP contribution in [0.15, 0.2) is 84.4 Å². The highest BCUT2D eigenvalue weighted by Crippen LogP contribution is 2.37. The Bertz CT molecular complexity index is 1330. The molecule has 1 saturated heterocycles. The Labute approximate surface area is 225 Å². The number of carbonyl (C=O) groups excluding carboxylic acids is 3. The fourth-order valence-corrected chi connectivity index (χ4v) is 4.22. The number of imide groups is 2. The van der Waals surface area contributed by atoms with Gasteiger partial charge in [0.15, 0.2) is 0 Å². The van der Waals surface area contributed by atoms with Gasteiger partial charge in [-0.3, -0.25) is 19.4 Å². The van der Waals surface area contributed by atoms with Crippen LogP contribution in [0.4, 0.5) is 31.1 Å². The van der Waals surface area contributed by atoms with E-state index in [0.717, 1.165) is 20.9 Å². The minimum atomic E-state index is -5.12. The molecule has 3 aromatic carbocycles. The molecule has 1 aliphatic heterocycles. The van der Waals surface area contributed by atoms with Gasteiger partial charge in [-0.25, -0.2) is 4.79 Å². The first kappa shape index (κ1) is 28.6. The zero-order valence-electron chi connectivity index (χ0n) is 20.8. The summed E-state index contributed by atoms with van der Waals surface area (Å²) in [7, 11) is 0. The highest BCUT2D eigenvalue weighted by Gasteiger charge is 2.42. The number of nitrogens with zero attached hydrogens (tertiary/aromatic N) is 2.